The van der Waals surface area contributed by atoms with Gasteiger partial charge >= 0.3 is 0 Å². The van der Waals surface area contributed by atoms with Crippen LogP contribution in [0.25, 0.3) is 0 Å². The van der Waals surface area contributed by atoms with E-state index in [4.69, 9.17) is 0 Å². The van der Waals surface area contributed by atoms with Gasteiger partial charge in [-0.05, 0) is 31.8 Å². The maximum Gasteiger partial charge on any atom is 0.150 e. The van der Waals surface area contributed by atoms with Crippen LogP contribution in [0.15, 0.2) is 0 Å². The molecule has 0 amide bonds. The second-order valence-corrected chi connectivity index (χ2v) is 8.32. The summed E-state index contributed by atoms with van der Waals surface area (Å²) >= 11 is 3.67. The number of alkyl halides is 1. The molecule has 1 saturated heterocycles. The summed E-state index contributed by atoms with van der Waals surface area (Å²) in [7, 11) is -2.78. The fourth-order valence-electron chi connectivity index (χ4n) is 2.06. The maximum absolute atomic E-state index is 11.3. The zero-order chi connectivity index (χ0) is 12.2. The van der Waals surface area contributed by atoms with Crippen molar-refractivity contribution >= 4 is 25.8 Å². The first-order valence-electron chi connectivity index (χ1n) is 6.01. The number of hydrogen-bond donors (Lipinski definition) is 0. The summed E-state index contributed by atoms with van der Waals surface area (Å²) in [6, 6.07) is 0. The lowest BCUT2D eigenvalue weighted by molar-refractivity contribution is 0.192. The Morgan fingerprint density at radius 3 is 2.69 bits per heavy atom. The van der Waals surface area contributed by atoms with Gasteiger partial charge in [0.25, 0.3) is 0 Å². The number of likely N-dealkylation sites (tertiary alicyclic amines) is 1. The van der Waals surface area contributed by atoms with Crippen molar-refractivity contribution in [2.45, 2.75) is 31.5 Å². The van der Waals surface area contributed by atoms with Crippen molar-refractivity contribution in [3.63, 3.8) is 0 Å². The normalized spacial score (nSPS) is 28.2. The molecule has 1 fully saturated rings. The van der Waals surface area contributed by atoms with E-state index in [9.17, 15) is 8.42 Å². The van der Waals surface area contributed by atoms with Crippen LogP contribution in [0.5, 0.6) is 0 Å². The van der Waals surface area contributed by atoms with E-state index in [1.807, 2.05) is 0 Å². The van der Waals surface area contributed by atoms with Gasteiger partial charge in [0.2, 0.25) is 0 Å². The molecular formula is C11H22BrNO2S. The summed E-state index contributed by atoms with van der Waals surface area (Å²) in [4.78, 5) is 3.01. The molecule has 0 bridgehead atoms. The highest BCUT2D eigenvalue weighted by Crippen LogP contribution is 2.23. The predicted octanol–water partition coefficient (Wildman–Crippen LogP) is 1.92. The van der Waals surface area contributed by atoms with E-state index in [1.165, 1.54) is 6.42 Å². The Morgan fingerprint density at radius 1 is 1.44 bits per heavy atom. The smallest absolute Gasteiger partial charge is 0.150 e. The highest BCUT2D eigenvalue weighted by atomic mass is 79.9. The Kier molecular flexibility index (Phi) is 5.74. The summed E-state index contributed by atoms with van der Waals surface area (Å²) in [6.45, 7) is 7.06. The summed E-state index contributed by atoms with van der Waals surface area (Å²) in [5, 5.41) is 0. The molecule has 0 aromatic carbocycles. The zero-order valence-electron chi connectivity index (χ0n) is 10.2. The van der Waals surface area contributed by atoms with E-state index in [0.29, 0.717) is 16.5 Å². The van der Waals surface area contributed by atoms with Crippen LogP contribution in [0.4, 0.5) is 0 Å². The van der Waals surface area contributed by atoms with E-state index in [0.717, 1.165) is 26.1 Å². The van der Waals surface area contributed by atoms with Crippen LogP contribution in [-0.2, 0) is 9.84 Å². The molecule has 2 atom stereocenters. The zero-order valence-corrected chi connectivity index (χ0v) is 12.6. The predicted molar refractivity (Wildman–Crippen MR) is 71.9 cm³/mol. The quantitative estimate of drug-likeness (QED) is 0.728. The van der Waals surface area contributed by atoms with Crippen LogP contribution >= 0.6 is 15.9 Å². The molecule has 2 unspecified atom stereocenters. The van der Waals surface area contributed by atoms with E-state index in [2.05, 4.69) is 27.8 Å². The van der Waals surface area contributed by atoms with E-state index >= 15 is 0 Å². The first-order valence-corrected chi connectivity index (χ1v) is 8.75. The SMILES string of the molecule is CCS(=O)(=O)CCCN1CCC(Br)C(C)C1. The number of rotatable bonds is 5. The lowest BCUT2D eigenvalue weighted by Gasteiger charge is -2.34. The van der Waals surface area contributed by atoms with Crippen molar-refractivity contribution in [1.29, 1.82) is 0 Å². The molecule has 5 heteroatoms. The van der Waals surface area contributed by atoms with Gasteiger partial charge in [-0.2, -0.15) is 0 Å². The first kappa shape index (κ1) is 14.5. The molecule has 0 spiro atoms. The van der Waals surface area contributed by atoms with Gasteiger partial charge in [-0.1, -0.05) is 29.8 Å². The summed E-state index contributed by atoms with van der Waals surface area (Å²) in [5.74, 6) is 1.27. The Bertz CT molecular complexity index is 305. The number of piperidine rings is 1. The topological polar surface area (TPSA) is 37.4 Å². The highest BCUT2D eigenvalue weighted by Gasteiger charge is 2.23. The van der Waals surface area contributed by atoms with Crippen LogP contribution in [0.1, 0.15) is 26.7 Å². The molecule has 0 aliphatic carbocycles. The van der Waals surface area contributed by atoms with Crippen LogP contribution in [-0.4, -0.2) is 49.3 Å². The first-order chi connectivity index (χ1) is 7.44. The summed E-state index contributed by atoms with van der Waals surface area (Å²) in [5.41, 5.74) is 0. The molecule has 1 rings (SSSR count). The van der Waals surface area contributed by atoms with Gasteiger partial charge in [-0.25, -0.2) is 8.42 Å². The molecule has 0 saturated carbocycles. The standard InChI is InChI=1S/C11H22BrNO2S/c1-3-16(14,15)8-4-6-13-7-5-11(12)10(2)9-13/h10-11H,3-9H2,1-2H3. The number of sulfone groups is 1. The van der Waals surface area contributed by atoms with Gasteiger partial charge in [0.1, 0.15) is 9.84 Å². The lowest BCUT2D eigenvalue weighted by atomic mass is 10.00. The maximum atomic E-state index is 11.3. The molecule has 0 aromatic heterocycles. The molecule has 0 aromatic rings. The Hall–Kier alpha value is 0.390. The Labute approximate surface area is 108 Å². The van der Waals surface area contributed by atoms with Gasteiger partial charge in [-0.3, -0.25) is 0 Å². The molecular weight excluding hydrogens is 290 g/mol. The fraction of sp³-hybridized carbons (Fsp3) is 1.00. The van der Waals surface area contributed by atoms with Crippen molar-refractivity contribution in [1.82, 2.24) is 4.90 Å². The monoisotopic (exact) mass is 311 g/mol. The van der Waals surface area contributed by atoms with Crippen LogP contribution in [0.3, 0.4) is 0 Å². The second-order valence-electron chi connectivity index (χ2n) is 4.67. The van der Waals surface area contributed by atoms with Gasteiger partial charge in [-0.15, -0.1) is 0 Å². The van der Waals surface area contributed by atoms with Crippen LogP contribution in [0, 0.1) is 5.92 Å². The second kappa shape index (κ2) is 6.36. The molecule has 1 heterocycles. The molecule has 1 aliphatic heterocycles. The summed E-state index contributed by atoms with van der Waals surface area (Å²) in [6.07, 6.45) is 1.94. The van der Waals surface area contributed by atoms with Crippen LogP contribution in [0.2, 0.25) is 0 Å². The minimum atomic E-state index is -2.78. The molecule has 0 radical (unpaired) electrons. The molecule has 3 nitrogen and oxygen atoms in total. The lowest BCUT2D eigenvalue weighted by Crippen LogP contribution is -2.40. The third kappa shape index (κ3) is 4.72. The van der Waals surface area contributed by atoms with E-state index in [1.54, 1.807) is 6.92 Å². The van der Waals surface area contributed by atoms with E-state index in [-0.39, 0.29) is 5.75 Å². The molecule has 16 heavy (non-hydrogen) atoms. The number of nitrogens with zero attached hydrogens (tertiary/aromatic N) is 1. The molecule has 0 N–H and O–H groups in total. The van der Waals surface area contributed by atoms with Gasteiger partial charge in [0, 0.05) is 17.1 Å². The minimum absolute atomic E-state index is 0.271. The van der Waals surface area contributed by atoms with Gasteiger partial charge < -0.3 is 4.90 Å². The average molecular weight is 312 g/mol. The van der Waals surface area contributed by atoms with Gasteiger partial charge in [0.15, 0.2) is 0 Å². The molecule has 1 aliphatic rings. The third-order valence-corrected chi connectivity index (χ3v) is 6.40. The average Bonchev–Trinajstić information content (AvgIpc) is 2.23. The van der Waals surface area contributed by atoms with E-state index < -0.39 is 9.84 Å². The van der Waals surface area contributed by atoms with Gasteiger partial charge in [0.05, 0.1) is 5.75 Å². The van der Waals surface area contributed by atoms with Crippen molar-refractivity contribution in [2.24, 2.45) is 5.92 Å². The molecule has 96 valence electrons. The van der Waals surface area contributed by atoms with Crippen LogP contribution < -0.4 is 0 Å². The number of halogens is 1. The minimum Gasteiger partial charge on any atom is -0.303 e. The highest BCUT2D eigenvalue weighted by molar-refractivity contribution is 9.09. The number of hydrogen-bond acceptors (Lipinski definition) is 3. The van der Waals surface area contributed by atoms with Crippen molar-refractivity contribution < 1.29 is 8.42 Å². The third-order valence-electron chi connectivity index (χ3n) is 3.25. The summed E-state index contributed by atoms with van der Waals surface area (Å²) < 4.78 is 22.7. The fourth-order valence-corrected chi connectivity index (χ4v) is 3.29. The Morgan fingerprint density at radius 2 is 2.12 bits per heavy atom. The largest absolute Gasteiger partial charge is 0.303 e. The van der Waals surface area contributed by atoms with Crippen molar-refractivity contribution in [3.05, 3.63) is 0 Å². The Balaban J connectivity index is 2.24. The van der Waals surface area contributed by atoms with Crippen molar-refractivity contribution in [3.8, 4) is 0 Å². The van der Waals surface area contributed by atoms with Crippen molar-refractivity contribution in [2.75, 3.05) is 31.1 Å².